The van der Waals surface area contributed by atoms with Crippen LogP contribution in [0.4, 0.5) is 0 Å². The molecule has 1 atom stereocenters. The van der Waals surface area contributed by atoms with E-state index in [0.717, 1.165) is 44.3 Å². The van der Waals surface area contributed by atoms with E-state index in [4.69, 9.17) is 10.5 Å². The molecule has 0 amide bonds. The van der Waals surface area contributed by atoms with Crippen LogP contribution in [0.3, 0.4) is 0 Å². The van der Waals surface area contributed by atoms with E-state index in [1.807, 2.05) is 13.8 Å². The highest BCUT2D eigenvalue weighted by Gasteiger charge is 2.06. The first-order valence-corrected chi connectivity index (χ1v) is 10.5. The Morgan fingerprint density at radius 1 is 1.04 bits per heavy atom. The number of aliphatic hydroxyl groups excluding tert-OH is 1. The van der Waals surface area contributed by atoms with E-state index in [1.54, 1.807) is 6.08 Å². The van der Waals surface area contributed by atoms with Crippen molar-refractivity contribution in [3.8, 4) is 0 Å². The summed E-state index contributed by atoms with van der Waals surface area (Å²) >= 11 is 0. The van der Waals surface area contributed by atoms with Crippen LogP contribution in [0, 0.1) is 5.92 Å². The van der Waals surface area contributed by atoms with Crippen LogP contribution in [0.5, 0.6) is 0 Å². The van der Waals surface area contributed by atoms with Crippen LogP contribution in [0.2, 0.25) is 0 Å². The van der Waals surface area contributed by atoms with Crippen molar-refractivity contribution in [1.82, 2.24) is 5.32 Å². The molecule has 4 N–H and O–H groups in total. The second kappa shape index (κ2) is 17.3. The predicted octanol–water partition coefficient (Wildman–Crippen LogP) is 4.25. The summed E-state index contributed by atoms with van der Waals surface area (Å²) in [6.45, 7) is 7.37. The van der Waals surface area contributed by atoms with Crippen molar-refractivity contribution >= 4 is 5.97 Å². The van der Waals surface area contributed by atoms with Gasteiger partial charge < -0.3 is 20.9 Å². The summed E-state index contributed by atoms with van der Waals surface area (Å²) in [6.07, 6.45) is 13.7. The highest BCUT2D eigenvalue weighted by molar-refractivity contribution is 5.71. The molecule has 1 unspecified atom stereocenters. The maximum absolute atomic E-state index is 11.3. The van der Waals surface area contributed by atoms with Gasteiger partial charge in [-0.1, -0.05) is 72.1 Å². The quantitative estimate of drug-likeness (QED) is 0.202. The third-order valence-corrected chi connectivity index (χ3v) is 4.28. The van der Waals surface area contributed by atoms with E-state index >= 15 is 0 Å². The van der Waals surface area contributed by atoms with Crippen molar-refractivity contribution in [3.63, 3.8) is 0 Å². The lowest BCUT2D eigenvalue weighted by atomic mass is 10.1. The van der Waals surface area contributed by atoms with Crippen LogP contribution < -0.4 is 11.1 Å². The third kappa shape index (κ3) is 16.4. The molecular weight excluding hydrogens is 328 g/mol. The molecule has 5 nitrogen and oxygen atoms in total. The molecule has 0 saturated heterocycles. The summed E-state index contributed by atoms with van der Waals surface area (Å²) in [5.41, 5.74) is 6.46. The zero-order chi connectivity index (χ0) is 19.6. The summed E-state index contributed by atoms with van der Waals surface area (Å²) in [5, 5.41) is 12.6. The van der Waals surface area contributed by atoms with Gasteiger partial charge in [-0.3, -0.25) is 4.79 Å². The van der Waals surface area contributed by atoms with Gasteiger partial charge in [0.2, 0.25) is 0 Å². The Labute approximate surface area is 160 Å². The fourth-order valence-corrected chi connectivity index (χ4v) is 2.76. The Hall–Kier alpha value is -1.07. The van der Waals surface area contributed by atoms with Gasteiger partial charge in [0, 0.05) is 12.2 Å². The molecule has 0 aromatic carbocycles. The Morgan fingerprint density at radius 2 is 1.58 bits per heavy atom. The van der Waals surface area contributed by atoms with Gasteiger partial charge in [0.25, 0.3) is 0 Å². The van der Waals surface area contributed by atoms with Crippen LogP contribution in [-0.4, -0.2) is 30.5 Å². The Morgan fingerprint density at radius 3 is 2.08 bits per heavy atom. The maximum Gasteiger partial charge on any atom is 0.308 e. The number of carbonyl (C=O) groups excluding carboxylic acids is 1. The van der Waals surface area contributed by atoms with Gasteiger partial charge >= 0.3 is 5.97 Å². The van der Waals surface area contributed by atoms with E-state index in [-0.39, 0.29) is 11.9 Å². The lowest BCUT2D eigenvalue weighted by Gasteiger charge is -2.11. The fourth-order valence-electron chi connectivity index (χ4n) is 2.76. The molecule has 0 rings (SSSR count). The molecule has 0 aliphatic rings. The summed E-state index contributed by atoms with van der Waals surface area (Å²) in [5.74, 6) is -0.109. The molecule has 0 aliphatic carbocycles. The average Bonchev–Trinajstić information content (AvgIpc) is 2.58. The average molecular weight is 371 g/mol. The van der Waals surface area contributed by atoms with Gasteiger partial charge in [-0.05, 0) is 25.3 Å². The highest BCUT2D eigenvalue weighted by Crippen LogP contribution is 2.10. The lowest BCUT2D eigenvalue weighted by Crippen LogP contribution is -2.21. The number of hydrogen-bond acceptors (Lipinski definition) is 5. The molecule has 26 heavy (non-hydrogen) atoms. The normalized spacial score (nSPS) is 13.1. The Kier molecular flexibility index (Phi) is 16.6. The lowest BCUT2D eigenvalue weighted by molar-refractivity contribution is -0.147. The standard InChI is InChI=1S/C21H42N2O3/c1-4-14-19(17-20(22)24)23-15-12-10-8-6-5-7-9-11-13-16-26-21(25)18(2)3/h17-18,20,23-24H,4-16,22H2,1-3H3/b19-17-. The third-order valence-electron chi connectivity index (χ3n) is 4.28. The number of allylic oxidation sites excluding steroid dienone is 1. The number of nitrogens with two attached hydrogens (primary N) is 1. The fraction of sp³-hybridized carbons (Fsp3) is 0.857. The van der Waals surface area contributed by atoms with E-state index < -0.39 is 6.23 Å². The predicted molar refractivity (Wildman–Crippen MR) is 109 cm³/mol. The molecule has 0 fully saturated rings. The van der Waals surface area contributed by atoms with Crippen molar-refractivity contribution in [2.75, 3.05) is 13.2 Å². The maximum atomic E-state index is 11.3. The summed E-state index contributed by atoms with van der Waals surface area (Å²) in [4.78, 5) is 11.3. The van der Waals surface area contributed by atoms with Crippen LogP contribution in [0.1, 0.15) is 91.4 Å². The first-order valence-electron chi connectivity index (χ1n) is 10.5. The van der Waals surface area contributed by atoms with Crippen molar-refractivity contribution in [1.29, 1.82) is 0 Å². The molecule has 0 saturated carbocycles. The molecule has 0 heterocycles. The second-order valence-electron chi connectivity index (χ2n) is 7.36. The number of hydrogen-bond donors (Lipinski definition) is 3. The number of esters is 1. The molecule has 0 aromatic heterocycles. The van der Waals surface area contributed by atoms with Crippen LogP contribution in [0.15, 0.2) is 11.8 Å². The van der Waals surface area contributed by atoms with Crippen LogP contribution in [0.25, 0.3) is 0 Å². The molecule has 0 spiro atoms. The van der Waals surface area contributed by atoms with E-state index in [9.17, 15) is 9.90 Å². The summed E-state index contributed by atoms with van der Waals surface area (Å²) in [7, 11) is 0. The first-order chi connectivity index (χ1) is 12.5. The number of ether oxygens (including phenoxy) is 1. The largest absolute Gasteiger partial charge is 0.465 e. The molecule has 0 aromatic rings. The zero-order valence-electron chi connectivity index (χ0n) is 17.3. The van der Waals surface area contributed by atoms with Gasteiger partial charge in [0.15, 0.2) is 0 Å². The van der Waals surface area contributed by atoms with Gasteiger partial charge in [0.05, 0.1) is 12.5 Å². The highest BCUT2D eigenvalue weighted by atomic mass is 16.5. The Balaban J connectivity index is 3.37. The van der Waals surface area contributed by atoms with Gasteiger partial charge in [-0.15, -0.1) is 0 Å². The monoisotopic (exact) mass is 370 g/mol. The first kappa shape index (κ1) is 24.9. The van der Waals surface area contributed by atoms with Gasteiger partial charge in [-0.2, -0.15) is 0 Å². The van der Waals surface area contributed by atoms with Crippen molar-refractivity contribution in [2.24, 2.45) is 11.7 Å². The van der Waals surface area contributed by atoms with Crippen LogP contribution >= 0.6 is 0 Å². The van der Waals surface area contributed by atoms with Gasteiger partial charge in [-0.25, -0.2) is 0 Å². The van der Waals surface area contributed by atoms with Crippen molar-refractivity contribution in [3.05, 3.63) is 11.8 Å². The number of unbranched alkanes of at least 4 members (excludes halogenated alkanes) is 8. The SMILES string of the molecule is CCC/C(=C/C(N)O)NCCCCCCCCCCCOC(=O)C(C)C. The minimum atomic E-state index is -0.869. The molecule has 0 bridgehead atoms. The van der Waals surface area contributed by atoms with E-state index in [2.05, 4.69) is 12.2 Å². The molecule has 154 valence electrons. The topological polar surface area (TPSA) is 84.6 Å². The molecule has 0 radical (unpaired) electrons. The number of nitrogens with one attached hydrogen (secondary N) is 1. The minimum Gasteiger partial charge on any atom is -0.465 e. The molecule has 0 aliphatic heterocycles. The zero-order valence-corrected chi connectivity index (χ0v) is 17.3. The van der Waals surface area contributed by atoms with Crippen molar-refractivity contribution in [2.45, 2.75) is 97.6 Å². The summed E-state index contributed by atoms with van der Waals surface area (Å²) in [6, 6.07) is 0. The van der Waals surface area contributed by atoms with Crippen LogP contribution in [-0.2, 0) is 9.53 Å². The number of carbonyl (C=O) groups is 1. The minimum absolute atomic E-state index is 0.0216. The van der Waals surface area contributed by atoms with Crippen molar-refractivity contribution < 1.29 is 14.6 Å². The molecular formula is C21H42N2O3. The smallest absolute Gasteiger partial charge is 0.308 e. The number of rotatable bonds is 17. The molecule has 5 heteroatoms. The number of aliphatic hydroxyl groups is 1. The van der Waals surface area contributed by atoms with Gasteiger partial charge in [0.1, 0.15) is 6.23 Å². The van der Waals surface area contributed by atoms with E-state index in [1.165, 1.54) is 38.5 Å². The summed E-state index contributed by atoms with van der Waals surface area (Å²) < 4.78 is 5.17. The van der Waals surface area contributed by atoms with E-state index in [0.29, 0.717) is 6.61 Å². The second-order valence-corrected chi connectivity index (χ2v) is 7.36. The Bertz CT molecular complexity index is 368.